The number of nitrogens with zero attached hydrogens (tertiary/aromatic N) is 2. The average molecular weight is 282 g/mol. The van der Waals surface area contributed by atoms with Gasteiger partial charge in [0.2, 0.25) is 0 Å². The van der Waals surface area contributed by atoms with Gasteiger partial charge in [-0.1, -0.05) is 12.1 Å². The van der Waals surface area contributed by atoms with Gasteiger partial charge < -0.3 is 15.5 Å². The number of para-hydroxylation sites is 1. The lowest BCUT2D eigenvalue weighted by Gasteiger charge is -2.06. The van der Waals surface area contributed by atoms with Gasteiger partial charge in [0.1, 0.15) is 18.2 Å². The first-order valence-corrected chi connectivity index (χ1v) is 6.52. The smallest absolute Gasteiger partial charge is 0.258 e. The van der Waals surface area contributed by atoms with Gasteiger partial charge in [-0.2, -0.15) is 0 Å². The van der Waals surface area contributed by atoms with Crippen molar-refractivity contribution in [1.82, 2.24) is 15.0 Å². The fraction of sp³-hybridized carbons (Fsp3) is 0.133. The predicted molar refractivity (Wildman–Crippen MR) is 78.8 cm³/mol. The van der Waals surface area contributed by atoms with Crippen molar-refractivity contribution in [2.45, 2.75) is 13.2 Å². The Morgan fingerprint density at radius 3 is 2.81 bits per heavy atom. The summed E-state index contributed by atoms with van der Waals surface area (Å²) in [6, 6.07) is 10.8. The molecule has 0 spiro atoms. The maximum absolute atomic E-state index is 11.9. The molecule has 3 aromatic rings. The summed E-state index contributed by atoms with van der Waals surface area (Å²) in [5.41, 5.74) is 6.75. The van der Waals surface area contributed by atoms with Crippen molar-refractivity contribution in [3.05, 3.63) is 64.5 Å². The Morgan fingerprint density at radius 2 is 2.05 bits per heavy atom. The zero-order valence-electron chi connectivity index (χ0n) is 11.2. The Balaban J connectivity index is 1.80. The van der Waals surface area contributed by atoms with E-state index in [2.05, 4.69) is 15.0 Å². The van der Waals surface area contributed by atoms with Crippen LogP contribution in [0, 0.1) is 0 Å². The van der Waals surface area contributed by atoms with E-state index in [-0.39, 0.29) is 12.2 Å². The van der Waals surface area contributed by atoms with E-state index in [4.69, 9.17) is 10.5 Å². The molecule has 0 aliphatic carbocycles. The average Bonchev–Trinajstić information content (AvgIpc) is 2.53. The van der Waals surface area contributed by atoms with Gasteiger partial charge in [0, 0.05) is 6.54 Å². The zero-order valence-corrected chi connectivity index (χ0v) is 11.2. The van der Waals surface area contributed by atoms with E-state index in [9.17, 15) is 4.79 Å². The van der Waals surface area contributed by atoms with Crippen molar-refractivity contribution in [2.75, 3.05) is 0 Å². The highest BCUT2D eigenvalue weighted by Crippen LogP contribution is 2.11. The lowest BCUT2D eigenvalue weighted by atomic mass is 10.2. The van der Waals surface area contributed by atoms with Crippen LogP contribution in [0.2, 0.25) is 0 Å². The number of aromatic nitrogens is 3. The zero-order chi connectivity index (χ0) is 14.7. The first-order valence-electron chi connectivity index (χ1n) is 6.52. The predicted octanol–water partition coefficient (Wildman–Crippen LogP) is 1.36. The molecule has 6 heteroatoms. The van der Waals surface area contributed by atoms with Crippen LogP contribution in [-0.2, 0) is 13.2 Å². The van der Waals surface area contributed by atoms with Gasteiger partial charge in [-0.15, -0.1) is 0 Å². The van der Waals surface area contributed by atoms with Gasteiger partial charge >= 0.3 is 0 Å². The Labute approximate surface area is 120 Å². The van der Waals surface area contributed by atoms with Crippen molar-refractivity contribution >= 4 is 10.9 Å². The number of ether oxygens (including phenoxy) is 1. The molecule has 106 valence electrons. The van der Waals surface area contributed by atoms with Crippen molar-refractivity contribution in [3.63, 3.8) is 0 Å². The summed E-state index contributed by atoms with van der Waals surface area (Å²) in [6.07, 6.45) is 1.60. The van der Waals surface area contributed by atoms with Crippen LogP contribution in [-0.4, -0.2) is 15.0 Å². The normalized spacial score (nSPS) is 10.7. The maximum Gasteiger partial charge on any atom is 0.258 e. The molecule has 0 bridgehead atoms. The number of pyridine rings is 1. The molecule has 0 amide bonds. The van der Waals surface area contributed by atoms with Gasteiger partial charge in [-0.25, -0.2) is 4.98 Å². The van der Waals surface area contributed by atoms with Gasteiger partial charge in [0.05, 0.1) is 22.8 Å². The summed E-state index contributed by atoms with van der Waals surface area (Å²) >= 11 is 0. The lowest BCUT2D eigenvalue weighted by molar-refractivity contribution is 0.294. The highest BCUT2D eigenvalue weighted by Gasteiger charge is 2.04. The molecule has 2 aromatic heterocycles. The molecule has 3 N–H and O–H groups in total. The molecule has 0 atom stereocenters. The van der Waals surface area contributed by atoms with E-state index in [0.717, 1.165) is 5.69 Å². The Hall–Kier alpha value is -2.73. The molecular formula is C15H14N4O2. The Morgan fingerprint density at radius 1 is 1.19 bits per heavy atom. The molecule has 2 heterocycles. The molecule has 3 rings (SSSR count). The first-order chi connectivity index (χ1) is 10.3. The minimum absolute atomic E-state index is 0.170. The van der Waals surface area contributed by atoms with Crippen molar-refractivity contribution in [1.29, 1.82) is 0 Å². The quantitative estimate of drug-likeness (QED) is 0.753. The van der Waals surface area contributed by atoms with Crippen LogP contribution in [0.5, 0.6) is 5.75 Å². The van der Waals surface area contributed by atoms with Crippen LogP contribution in [0.15, 0.2) is 47.4 Å². The van der Waals surface area contributed by atoms with Gasteiger partial charge in [-0.05, 0) is 24.3 Å². The molecular weight excluding hydrogens is 268 g/mol. The van der Waals surface area contributed by atoms with Crippen LogP contribution >= 0.6 is 0 Å². The van der Waals surface area contributed by atoms with E-state index in [0.29, 0.717) is 29.0 Å². The van der Waals surface area contributed by atoms with Crippen LogP contribution in [0.3, 0.4) is 0 Å². The number of fused-ring (bicyclic) bond motifs is 1. The minimum atomic E-state index is -0.171. The minimum Gasteiger partial charge on any atom is -0.484 e. The van der Waals surface area contributed by atoms with Crippen molar-refractivity contribution < 1.29 is 4.74 Å². The van der Waals surface area contributed by atoms with Crippen LogP contribution < -0.4 is 16.0 Å². The molecule has 1 aromatic carbocycles. The molecule has 6 nitrogen and oxygen atoms in total. The monoisotopic (exact) mass is 282 g/mol. The van der Waals surface area contributed by atoms with E-state index in [1.54, 1.807) is 36.5 Å². The Kier molecular flexibility index (Phi) is 3.61. The number of nitrogens with two attached hydrogens (primary N) is 1. The molecule has 0 fully saturated rings. The summed E-state index contributed by atoms with van der Waals surface area (Å²) in [6.45, 7) is 0.559. The highest BCUT2D eigenvalue weighted by atomic mass is 16.5. The second kappa shape index (κ2) is 5.72. The van der Waals surface area contributed by atoms with Crippen molar-refractivity contribution in [2.24, 2.45) is 5.73 Å². The summed E-state index contributed by atoms with van der Waals surface area (Å²) < 4.78 is 5.56. The summed E-state index contributed by atoms with van der Waals surface area (Å²) in [4.78, 5) is 23.1. The number of benzene rings is 1. The molecule has 0 radical (unpaired) electrons. The largest absolute Gasteiger partial charge is 0.484 e. The molecule has 0 aliphatic rings. The second-order valence-electron chi connectivity index (χ2n) is 4.51. The lowest BCUT2D eigenvalue weighted by Crippen LogP contribution is -2.13. The SMILES string of the molecule is NCc1ccc(OCc2nc3ccccc3c(=O)[nH]2)cn1. The third kappa shape index (κ3) is 2.90. The van der Waals surface area contributed by atoms with Gasteiger partial charge in [0.25, 0.3) is 5.56 Å². The summed E-state index contributed by atoms with van der Waals surface area (Å²) in [7, 11) is 0. The number of H-pyrrole nitrogens is 1. The molecule has 0 saturated heterocycles. The third-order valence-corrected chi connectivity index (χ3v) is 3.04. The van der Waals surface area contributed by atoms with E-state index < -0.39 is 0 Å². The number of hydrogen-bond donors (Lipinski definition) is 2. The number of hydrogen-bond acceptors (Lipinski definition) is 5. The molecule has 0 unspecified atom stereocenters. The van der Waals surface area contributed by atoms with E-state index >= 15 is 0 Å². The highest BCUT2D eigenvalue weighted by molar-refractivity contribution is 5.77. The van der Waals surface area contributed by atoms with Crippen molar-refractivity contribution in [3.8, 4) is 5.75 Å². The molecule has 0 saturated carbocycles. The topological polar surface area (TPSA) is 93.9 Å². The standard InChI is InChI=1S/C15H14N4O2/c16-7-10-5-6-11(8-17-10)21-9-14-18-13-4-2-1-3-12(13)15(20)19-14/h1-6,8H,7,9,16H2,(H,18,19,20). The van der Waals surface area contributed by atoms with Crippen LogP contribution in [0.4, 0.5) is 0 Å². The number of rotatable bonds is 4. The number of nitrogens with one attached hydrogen (secondary N) is 1. The molecule has 0 aliphatic heterocycles. The fourth-order valence-corrected chi connectivity index (χ4v) is 1.97. The maximum atomic E-state index is 11.9. The first kappa shape index (κ1) is 13.3. The fourth-order valence-electron chi connectivity index (χ4n) is 1.97. The summed E-state index contributed by atoms with van der Waals surface area (Å²) in [5.74, 6) is 1.07. The van der Waals surface area contributed by atoms with E-state index in [1.807, 2.05) is 6.07 Å². The Bertz CT molecular complexity index is 812. The third-order valence-electron chi connectivity index (χ3n) is 3.04. The number of aromatic amines is 1. The van der Waals surface area contributed by atoms with Gasteiger partial charge in [-0.3, -0.25) is 9.78 Å². The second-order valence-corrected chi connectivity index (χ2v) is 4.51. The molecule has 21 heavy (non-hydrogen) atoms. The van der Waals surface area contributed by atoms with Gasteiger partial charge in [0.15, 0.2) is 0 Å². The van der Waals surface area contributed by atoms with Crippen LogP contribution in [0.1, 0.15) is 11.5 Å². The summed E-state index contributed by atoms with van der Waals surface area (Å²) in [5, 5.41) is 0.565. The van der Waals surface area contributed by atoms with E-state index in [1.165, 1.54) is 0 Å². The van der Waals surface area contributed by atoms with Crippen LogP contribution in [0.25, 0.3) is 10.9 Å².